The highest BCUT2D eigenvalue weighted by Gasteiger charge is 2.25. The third kappa shape index (κ3) is 2.03. The second kappa shape index (κ2) is 4.39. The molecule has 0 aromatic carbocycles. The number of nitrogens with two attached hydrogens (primary N) is 1. The molecule has 0 amide bonds. The third-order valence-electron chi connectivity index (χ3n) is 2.89. The molecule has 0 radical (unpaired) electrons. The number of anilines is 1. The third-order valence-corrected chi connectivity index (χ3v) is 3.79. The molecule has 2 rings (SSSR count). The standard InChI is InChI=1S/C10H15N3O2S/c1-6-3-2-4-13(6)10-12-7(5-16-10)8(11)9(14)15/h5-6,8H,2-4,11H2,1H3,(H,14,15). The van der Waals surface area contributed by atoms with Crippen molar-refractivity contribution in [3.05, 3.63) is 11.1 Å². The van der Waals surface area contributed by atoms with E-state index in [1.165, 1.54) is 24.2 Å². The zero-order valence-corrected chi connectivity index (χ0v) is 9.91. The van der Waals surface area contributed by atoms with Gasteiger partial charge in [-0.2, -0.15) is 0 Å². The van der Waals surface area contributed by atoms with Gasteiger partial charge in [-0.25, -0.2) is 4.98 Å². The molecule has 5 nitrogen and oxygen atoms in total. The number of carbonyl (C=O) groups is 1. The lowest BCUT2D eigenvalue weighted by atomic mass is 10.2. The number of aromatic nitrogens is 1. The Balaban J connectivity index is 2.16. The van der Waals surface area contributed by atoms with Crippen molar-refractivity contribution in [2.45, 2.75) is 31.8 Å². The van der Waals surface area contributed by atoms with Gasteiger partial charge in [0.1, 0.15) is 6.04 Å². The highest BCUT2D eigenvalue weighted by Crippen LogP contribution is 2.29. The fraction of sp³-hybridized carbons (Fsp3) is 0.600. The Labute approximate surface area is 97.9 Å². The number of thiazole rings is 1. The van der Waals surface area contributed by atoms with Crippen LogP contribution in [0.4, 0.5) is 5.13 Å². The number of nitrogens with zero attached hydrogens (tertiary/aromatic N) is 2. The average Bonchev–Trinajstić information content (AvgIpc) is 2.84. The minimum absolute atomic E-state index is 0.451. The van der Waals surface area contributed by atoms with Gasteiger partial charge in [0.25, 0.3) is 0 Å². The molecule has 1 aromatic heterocycles. The van der Waals surface area contributed by atoms with Crippen LogP contribution in [0.3, 0.4) is 0 Å². The number of carboxylic acid groups (broad SMARTS) is 1. The van der Waals surface area contributed by atoms with E-state index in [1.54, 1.807) is 5.38 Å². The molecule has 0 saturated carbocycles. The summed E-state index contributed by atoms with van der Waals surface area (Å²) in [6, 6.07) is -0.525. The Kier molecular flexibility index (Phi) is 3.11. The van der Waals surface area contributed by atoms with E-state index in [2.05, 4.69) is 16.8 Å². The minimum Gasteiger partial charge on any atom is -0.480 e. The fourth-order valence-electron chi connectivity index (χ4n) is 1.89. The molecule has 0 spiro atoms. The van der Waals surface area contributed by atoms with Crippen molar-refractivity contribution in [2.75, 3.05) is 11.4 Å². The maximum atomic E-state index is 10.7. The molecular formula is C10H15N3O2S. The van der Waals surface area contributed by atoms with E-state index in [4.69, 9.17) is 10.8 Å². The first-order valence-electron chi connectivity index (χ1n) is 5.30. The van der Waals surface area contributed by atoms with Crippen LogP contribution in [-0.4, -0.2) is 28.6 Å². The summed E-state index contributed by atoms with van der Waals surface area (Å²) < 4.78 is 0. The largest absolute Gasteiger partial charge is 0.480 e. The molecule has 3 N–H and O–H groups in total. The molecule has 1 aromatic rings. The number of hydrogen-bond donors (Lipinski definition) is 2. The van der Waals surface area contributed by atoms with Gasteiger partial charge in [0.05, 0.1) is 5.69 Å². The lowest BCUT2D eigenvalue weighted by Gasteiger charge is -2.19. The summed E-state index contributed by atoms with van der Waals surface area (Å²) in [5.74, 6) is -1.04. The summed E-state index contributed by atoms with van der Waals surface area (Å²) in [5, 5.41) is 11.4. The minimum atomic E-state index is -1.04. The van der Waals surface area contributed by atoms with Gasteiger partial charge in [-0.3, -0.25) is 4.79 Å². The molecule has 6 heteroatoms. The van der Waals surface area contributed by atoms with Gasteiger partial charge in [-0.1, -0.05) is 0 Å². The van der Waals surface area contributed by atoms with Crippen LogP contribution in [0.5, 0.6) is 0 Å². The van der Waals surface area contributed by atoms with Crippen LogP contribution in [0.15, 0.2) is 5.38 Å². The summed E-state index contributed by atoms with van der Waals surface area (Å²) in [7, 11) is 0. The predicted molar refractivity (Wildman–Crippen MR) is 62.7 cm³/mol. The number of hydrogen-bond acceptors (Lipinski definition) is 5. The quantitative estimate of drug-likeness (QED) is 0.831. The van der Waals surface area contributed by atoms with Crippen molar-refractivity contribution in [1.82, 2.24) is 4.98 Å². The van der Waals surface area contributed by atoms with Gasteiger partial charge < -0.3 is 15.7 Å². The Hall–Kier alpha value is -1.14. The lowest BCUT2D eigenvalue weighted by Crippen LogP contribution is -2.26. The van der Waals surface area contributed by atoms with E-state index in [-0.39, 0.29) is 0 Å². The zero-order valence-electron chi connectivity index (χ0n) is 9.09. The number of carboxylic acids is 1. The first kappa shape index (κ1) is 11.3. The molecule has 0 aliphatic carbocycles. The molecule has 2 unspecified atom stereocenters. The maximum absolute atomic E-state index is 10.7. The van der Waals surface area contributed by atoms with Crippen molar-refractivity contribution in [3.8, 4) is 0 Å². The predicted octanol–water partition coefficient (Wildman–Crippen LogP) is 1.22. The lowest BCUT2D eigenvalue weighted by molar-refractivity contribution is -0.138. The second-order valence-corrected chi connectivity index (χ2v) is 4.89. The molecule has 0 bridgehead atoms. The Bertz CT molecular complexity index is 393. The summed E-state index contributed by atoms with van der Waals surface area (Å²) in [4.78, 5) is 17.2. The van der Waals surface area contributed by atoms with Crippen LogP contribution < -0.4 is 10.6 Å². The Morgan fingerprint density at radius 1 is 1.81 bits per heavy atom. The monoisotopic (exact) mass is 241 g/mol. The first-order chi connectivity index (χ1) is 7.59. The van der Waals surface area contributed by atoms with Crippen molar-refractivity contribution in [3.63, 3.8) is 0 Å². The normalized spacial score (nSPS) is 22.4. The first-order valence-corrected chi connectivity index (χ1v) is 6.18. The zero-order chi connectivity index (χ0) is 11.7. The maximum Gasteiger partial charge on any atom is 0.326 e. The smallest absolute Gasteiger partial charge is 0.326 e. The van der Waals surface area contributed by atoms with Crippen LogP contribution in [0.25, 0.3) is 0 Å². The molecule has 1 fully saturated rings. The molecule has 1 aliphatic rings. The second-order valence-electron chi connectivity index (χ2n) is 4.06. The molecule has 16 heavy (non-hydrogen) atoms. The van der Waals surface area contributed by atoms with E-state index in [0.29, 0.717) is 11.7 Å². The van der Waals surface area contributed by atoms with Crippen molar-refractivity contribution >= 4 is 22.4 Å². The summed E-state index contributed by atoms with van der Waals surface area (Å²) >= 11 is 1.47. The van der Waals surface area contributed by atoms with E-state index in [0.717, 1.165) is 11.7 Å². The van der Waals surface area contributed by atoms with Crippen molar-refractivity contribution in [1.29, 1.82) is 0 Å². The SMILES string of the molecule is CC1CCCN1c1nc(C(N)C(=O)O)cs1. The molecule has 2 atom stereocenters. The Morgan fingerprint density at radius 2 is 2.56 bits per heavy atom. The molecule has 2 heterocycles. The molecule has 1 aliphatic heterocycles. The van der Waals surface area contributed by atoms with E-state index < -0.39 is 12.0 Å². The summed E-state index contributed by atoms with van der Waals surface area (Å²) in [6.07, 6.45) is 2.33. The van der Waals surface area contributed by atoms with E-state index >= 15 is 0 Å². The molecule has 1 saturated heterocycles. The fourth-order valence-corrected chi connectivity index (χ4v) is 2.89. The van der Waals surface area contributed by atoms with Crippen LogP contribution in [0.2, 0.25) is 0 Å². The van der Waals surface area contributed by atoms with Gasteiger partial charge in [0, 0.05) is 18.0 Å². The molecular weight excluding hydrogens is 226 g/mol. The van der Waals surface area contributed by atoms with Gasteiger partial charge in [0.15, 0.2) is 5.13 Å². The summed E-state index contributed by atoms with van der Waals surface area (Å²) in [6.45, 7) is 3.15. The van der Waals surface area contributed by atoms with Crippen LogP contribution >= 0.6 is 11.3 Å². The highest BCUT2D eigenvalue weighted by atomic mass is 32.1. The van der Waals surface area contributed by atoms with Crippen LogP contribution in [0, 0.1) is 0 Å². The van der Waals surface area contributed by atoms with Crippen molar-refractivity contribution in [2.24, 2.45) is 5.73 Å². The average molecular weight is 241 g/mol. The van der Waals surface area contributed by atoms with Gasteiger partial charge in [0.2, 0.25) is 0 Å². The van der Waals surface area contributed by atoms with E-state index in [1.807, 2.05) is 0 Å². The van der Waals surface area contributed by atoms with Gasteiger partial charge in [-0.05, 0) is 19.8 Å². The van der Waals surface area contributed by atoms with Gasteiger partial charge in [-0.15, -0.1) is 11.3 Å². The number of rotatable bonds is 3. The van der Waals surface area contributed by atoms with Crippen LogP contribution in [-0.2, 0) is 4.79 Å². The topological polar surface area (TPSA) is 79.5 Å². The highest BCUT2D eigenvalue weighted by molar-refractivity contribution is 7.13. The summed E-state index contributed by atoms with van der Waals surface area (Å²) in [5.41, 5.74) is 5.96. The van der Waals surface area contributed by atoms with Crippen molar-refractivity contribution < 1.29 is 9.90 Å². The van der Waals surface area contributed by atoms with E-state index in [9.17, 15) is 4.79 Å². The Morgan fingerprint density at radius 3 is 3.12 bits per heavy atom. The number of aliphatic carboxylic acids is 1. The molecule has 88 valence electrons. The van der Waals surface area contributed by atoms with Crippen LogP contribution in [0.1, 0.15) is 31.5 Å². The van der Waals surface area contributed by atoms with Gasteiger partial charge >= 0.3 is 5.97 Å².